The van der Waals surface area contributed by atoms with Crippen molar-refractivity contribution >= 4 is 5.97 Å². The molecule has 1 atom stereocenters. The van der Waals surface area contributed by atoms with E-state index >= 15 is 0 Å². The molecule has 0 spiro atoms. The number of hydrogen-bond acceptors (Lipinski definition) is 2. The summed E-state index contributed by atoms with van der Waals surface area (Å²) in [6.45, 7) is 3.88. The Labute approximate surface area is 220 Å². The quantitative estimate of drug-likeness (QED) is 0.333. The van der Waals surface area contributed by atoms with Gasteiger partial charge in [-0.1, -0.05) is 49.7 Å². The van der Waals surface area contributed by atoms with Crippen LogP contribution in [0.15, 0.2) is 66.7 Å². The van der Waals surface area contributed by atoms with Crippen LogP contribution in [0.5, 0.6) is 0 Å². The Morgan fingerprint density at radius 2 is 1.61 bits per heavy atom. The molecule has 2 fully saturated rings. The van der Waals surface area contributed by atoms with Crippen LogP contribution >= 0.6 is 0 Å². The number of carbonyl (C=O) groups is 1. The molecule has 0 amide bonds. The van der Waals surface area contributed by atoms with Crippen molar-refractivity contribution in [2.45, 2.75) is 56.7 Å². The van der Waals surface area contributed by atoms with Gasteiger partial charge in [-0.3, -0.25) is 9.69 Å². The fourth-order valence-corrected chi connectivity index (χ4v) is 5.86. The fourth-order valence-electron chi connectivity index (χ4n) is 5.86. The molecule has 0 bridgehead atoms. The number of carboxylic acid groups (broad SMARTS) is 1. The average Bonchev–Trinajstić information content (AvgIpc) is 2.86. The van der Waals surface area contributed by atoms with E-state index in [4.69, 9.17) is 0 Å². The van der Waals surface area contributed by atoms with Crippen LogP contribution in [0.4, 0.5) is 17.6 Å². The molecular weight excluding hydrogens is 494 g/mol. The first kappa shape index (κ1) is 26.4. The number of carboxylic acids is 1. The highest BCUT2D eigenvalue weighted by molar-refractivity contribution is 5.84. The Morgan fingerprint density at radius 1 is 0.974 bits per heavy atom. The second kappa shape index (κ2) is 10.2. The number of piperidine rings is 1. The molecule has 0 aromatic heterocycles. The second-order valence-electron chi connectivity index (χ2n) is 10.8. The van der Waals surface area contributed by atoms with Crippen molar-refractivity contribution in [1.82, 2.24) is 4.90 Å². The second-order valence-corrected chi connectivity index (χ2v) is 10.8. The molecule has 1 aliphatic heterocycles. The van der Waals surface area contributed by atoms with E-state index in [0.717, 1.165) is 55.6 Å². The smallest absolute Gasteiger partial charge is 0.416 e. The highest BCUT2D eigenvalue weighted by Gasteiger charge is 2.46. The highest BCUT2D eigenvalue weighted by atomic mass is 19.4. The summed E-state index contributed by atoms with van der Waals surface area (Å²) in [6.07, 6.45) is -0.572. The number of nitrogens with zero attached hydrogens (tertiary/aromatic N) is 1. The summed E-state index contributed by atoms with van der Waals surface area (Å²) < 4.78 is 53.8. The molecule has 1 aliphatic carbocycles. The van der Waals surface area contributed by atoms with Crippen LogP contribution in [0.3, 0.4) is 0 Å². The van der Waals surface area contributed by atoms with Crippen LogP contribution in [0, 0.1) is 11.7 Å². The van der Waals surface area contributed by atoms with E-state index in [9.17, 15) is 27.5 Å². The normalized spacial score (nSPS) is 19.1. The van der Waals surface area contributed by atoms with Crippen molar-refractivity contribution in [3.63, 3.8) is 0 Å². The Hall–Kier alpha value is -3.19. The van der Waals surface area contributed by atoms with Gasteiger partial charge in [-0.2, -0.15) is 13.2 Å². The third-order valence-corrected chi connectivity index (χ3v) is 8.41. The van der Waals surface area contributed by atoms with Gasteiger partial charge in [0.05, 0.1) is 17.0 Å². The molecule has 0 radical (unpaired) electrons. The monoisotopic (exact) mass is 525 g/mol. The van der Waals surface area contributed by atoms with E-state index in [-0.39, 0.29) is 11.9 Å². The zero-order valence-electron chi connectivity index (χ0n) is 21.3. The summed E-state index contributed by atoms with van der Waals surface area (Å²) in [5, 5.41) is 10.1. The van der Waals surface area contributed by atoms with Crippen LogP contribution in [0.2, 0.25) is 0 Å². The van der Waals surface area contributed by atoms with Crippen LogP contribution in [0.1, 0.15) is 67.3 Å². The number of halogens is 4. The maximum Gasteiger partial charge on any atom is 0.416 e. The van der Waals surface area contributed by atoms with Crippen molar-refractivity contribution in [1.29, 1.82) is 0 Å². The lowest BCUT2D eigenvalue weighted by Crippen LogP contribution is -2.42. The third-order valence-electron chi connectivity index (χ3n) is 8.41. The minimum absolute atomic E-state index is 0.253. The summed E-state index contributed by atoms with van der Waals surface area (Å²) in [4.78, 5) is 14.6. The number of rotatable bonds is 6. The van der Waals surface area contributed by atoms with E-state index in [1.165, 1.54) is 24.3 Å². The minimum Gasteiger partial charge on any atom is -0.481 e. The molecular formula is C31H31F4NO2. The molecule has 1 saturated carbocycles. The van der Waals surface area contributed by atoms with Gasteiger partial charge in [0.1, 0.15) is 5.82 Å². The summed E-state index contributed by atoms with van der Waals surface area (Å²) in [7, 11) is 0. The lowest BCUT2D eigenvalue weighted by atomic mass is 9.64. The van der Waals surface area contributed by atoms with Crippen molar-refractivity contribution in [2.75, 3.05) is 13.1 Å². The molecule has 7 heteroatoms. The molecule has 200 valence electrons. The number of aliphatic carboxylic acids is 1. The molecule has 3 aromatic carbocycles. The third kappa shape index (κ3) is 4.96. The van der Waals surface area contributed by atoms with Crippen molar-refractivity contribution in [2.24, 2.45) is 5.92 Å². The van der Waals surface area contributed by atoms with Crippen molar-refractivity contribution in [3.8, 4) is 11.1 Å². The highest BCUT2D eigenvalue weighted by Crippen LogP contribution is 2.47. The molecule has 1 heterocycles. The lowest BCUT2D eigenvalue weighted by Gasteiger charge is -2.40. The number of alkyl halides is 3. The molecule has 38 heavy (non-hydrogen) atoms. The number of benzene rings is 3. The summed E-state index contributed by atoms with van der Waals surface area (Å²) in [5.41, 5.74) is 2.00. The van der Waals surface area contributed by atoms with Crippen LogP contribution in [0.25, 0.3) is 11.1 Å². The maximum absolute atomic E-state index is 13.9. The van der Waals surface area contributed by atoms with Gasteiger partial charge in [0, 0.05) is 0 Å². The maximum atomic E-state index is 13.9. The number of hydrogen-bond donors (Lipinski definition) is 1. The summed E-state index contributed by atoms with van der Waals surface area (Å²) >= 11 is 0. The fraction of sp³-hybridized carbons (Fsp3) is 0.387. The van der Waals surface area contributed by atoms with Gasteiger partial charge in [0.15, 0.2) is 0 Å². The van der Waals surface area contributed by atoms with E-state index in [1.54, 1.807) is 12.1 Å². The van der Waals surface area contributed by atoms with Crippen LogP contribution < -0.4 is 0 Å². The van der Waals surface area contributed by atoms with Crippen LogP contribution in [-0.2, 0) is 16.4 Å². The first-order valence-corrected chi connectivity index (χ1v) is 13.1. The van der Waals surface area contributed by atoms with Crippen LogP contribution in [-0.4, -0.2) is 29.1 Å². The molecule has 3 nitrogen and oxygen atoms in total. The average molecular weight is 526 g/mol. The van der Waals surface area contributed by atoms with Gasteiger partial charge in [0.2, 0.25) is 0 Å². The predicted molar refractivity (Wildman–Crippen MR) is 138 cm³/mol. The molecule has 5 rings (SSSR count). The SMILES string of the molecule is CC1CCN([C@@H](c2ccc(F)cc2)c2ccc(C3(C(=O)O)CCC3)cc2-c2ccc(C(F)(F)F)cc2)CC1. The minimum atomic E-state index is -4.45. The number of likely N-dealkylation sites (tertiary alicyclic amines) is 1. The first-order chi connectivity index (χ1) is 18.1. The van der Waals surface area contributed by atoms with Gasteiger partial charge >= 0.3 is 12.1 Å². The molecule has 1 N–H and O–H groups in total. The van der Waals surface area contributed by atoms with E-state index in [1.807, 2.05) is 18.2 Å². The van der Waals surface area contributed by atoms with Gasteiger partial charge in [-0.25, -0.2) is 4.39 Å². The predicted octanol–water partition coefficient (Wildman–Crippen LogP) is 7.84. The molecule has 3 aromatic rings. The van der Waals surface area contributed by atoms with E-state index in [0.29, 0.717) is 35.4 Å². The van der Waals surface area contributed by atoms with Crippen molar-refractivity contribution < 1.29 is 27.5 Å². The Morgan fingerprint density at radius 3 is 2.13 bits per heavy atom. The van der Waals surface area contributed by atoms with E-state index < -0.39 is 23.1 Å². The first-order valence-electron chi connectivity index (χ1n) is 13.1. The summed E-state index contributed by atoms with van der Waals surface area (Å²) in [5.74, 6) is -0.632. The van der Waals surface area contributed by atoms with Crippen molar-refractivity contribution in [3.05, 3.63) is 94.8 Å². The largest absolute Gasteiger partial charge is 0.481 e. The van der Waals surface area contributed by atoms with Gasteiger partial charge in [0.25, 0.3) is 0 Å². The summed E-state index contributed by atoms with van der Waals surface area (Å²) in [6, 6.07) is 16.8. The Balaban J connectivity index is 1.68. The van der Waals surface area contributed by atoms with Gasteiger partial charge < -0.3 is 5.11 Å². The van der Waals surface area contributed by atoms with E-state index in [2.05, 4.69) is 11.8 Å². The molecule has 0 unspecified atom stereocenters. The Kier molecular flexibility index (Phi) is 7.07. The van der Waals surface area contributed by atoms with Gasteiger partial charge in [-0.05, 0) is 103 Å². The molecule has 1 saturated heterocycles. The van der Waals surface area contributed by atoms with Gasteiger partial charge in [-0.15, -0.1) is 0 Å². The lowest BCUT2D eigenvalue weighted by molar-refractivity contribution is -0.147. The zero-order chi connectivity index (χ0) is 27.1. The standard InChI is InChI=1S/C31H31F4NO2/c1-20-13-17-36(18-14-20)28(22-5-10-25(32)11-6-22)26-12-9-24(30(29(37)38)15-2-16-30)19-27(26)21-3-7-23(8-4-21)31(33,34)35/h3-12,19-20,28H,2,13-18H2,1H3,(H,37,38)/t28-/m0/s1. The topological polar surface area (TPSA) is 40.5 Å². The molecule has 2 aliphatic rings. The zero-order valence-corrected chi connectivity index (χ0v) is 21.3. The Bertz CT molecular complexity index is 1290.